The molecule has 1 aromatic heterocycles. The van der Waals surface area contributed by atoms with Gasteiger partial charge in [0.05, 0.1) is 0 Å². The standard InChI is InChI=1S/C11H16INO/c1-3-4-5-6-13-8-10(12)9(2)7-11(13)14/h7-8H,3-6H2,1-2H3. The third-order valence-electron chi connectivity index (χ3n) is 2.27. The molecule has 0 amide bonds. The van der Waals surface area contributed by atoms with Gasteiger partial charge in [0.2, 0.25) is 0 Å². The van der Waals surface area contributed by atoms with E-state index < -0.39 is 0 Å². The van der Waals surface area contributed by atoms with Gasteiger partial charge in [-0.3, -0.25) is 4.79 Å². The van der Waals surface area contributed by atoms with E-state index in [2.05, 4.69) is 29.5 Å². The summed E-state index contributed by atoms with van der Waals surface area (Å²) < 4.78 is 2.98. The van der Waals surface area contributed by atoms with Crippen molar-refractivity contribution in [2.75, 3.05) is 0 Å². The van der Waals surface area contributed by atoms with E-state index in [9.17, 15) is 4.79 Å². The van der Waals surface area contributed by atoms with E-state index in [1.807, 2.05) is 17.7 Å². The molecule has 0 aliphatic heterocycles. The van der Waals surface area contributed by atoms with Crippen LogP contribution < -0.4 is 5.56 Å². The Balaban J connectivity index is 2.77. The summed E-state index contributed by atoms with van der Waals surface area (Å²) in [5, 5.41) is 0. The number of nitrogens with zero attached hydrogens (tertiary/aromatic N) is 1. The quantitative estimate of drug-likeness (QED) is 0.619. The Bertz CT molecular complexity index is 357. The van der Waals surface area contributed by atoms with E-state index in [-0.39, 0.29) is 5.56 Å². The minimum Gasteiger partial charge on any atom is -0.314 e. The van der Waals surface area contributed by atoms with Gasteiger partial charge in [0.1, 0.15) is 0 Å². The van der Waals surface area contributed by atoms with Crippen LogP contribution in [0.15, 0.2) is 17.1 Å². The molecule has 0 atom stereocenters. The van der Waals surface area contributed by atoms with E-state index >= 15 is 0 Å². The molecule has 0 spiro atoms. The van der Waals surface area contributed by atoms with Crippen molar-refractivity contribution in [3.8, 4) is 0 Å². The lowest BCUT2D eigenvalue weighted by Crippen LogP contribution is -2.19. The predicted octanol–water partition coefficient (Wildman–Crippen LogP) is 2.95. The number of aryl methyl sites for hydroxylation is 2. The van der Waals surface area contributed by atoms with Gasteiger partial charge in [-0.05, 0) is 41.5 Å². The fourth-order valence-electron chi connectivity index (χ4n) is 1.35. The second-order valence-electron chi connectivity index (χ2n) is 3.54. The number of aromatic nitrogens is 1. The Kier molecular flexibility index (Phi) is 4.65. The maximum absolute atomic E-state index is 11.5. The highest BCUT2D eigenvalue weighted by Crippen LogP contribution is 2.08. The Morgan fingerprint density at radius 3 is 2.79 bits per heavy atom. The molecule has 0 saturated carbocycles. The molecule has 1 rings (SSSR count). The highest BCUT2D eigenvalue weighted by molar-refractivity contribution is 14.1. The van der Waals surface area contributed by atoms with Crippen LogP contribution in [0.2, 0.25) is 0 Å². The minimum atomic E-state index is 0.124. The molecule has 14 heavy (non-hydrogen) atoms. The van der Waals surface area contributed by atoms with Crippen LogP contribution in [-0.2, 0) is 6.54 Å². The van der Waals surface area contributed by atoms with Gasteiger partial charge in [-0.25, -0.2) is 0 Å². The zero-order valence-corrected chi connectivity index (χ0v) is 10.9. The molecule has 0 aliphatic carbocycles. The van der Waals surface area contributed by atoms with Gasteiger partial charge in [-0.15, -0.1) is 0 Å². The zero-order chi connectivity index (χ0) is 10.6. The monoisotopic (exact) mass is 305 g/mol. The molecule has 0 aliphatic rings. The van der Waals surface area contributed by atoms with Crippen molar-refractivity contribution in [3.63, 3.8) is 0 Å². The third kappa shape index (κ3) is 3.12. The maximum Gasteiger partial charge on any atom is 0.250 e. The number of unbranched alkanes of at least 4 members (excludes halogenated alkanes) is 2. The van der Waals surface area contributed by atoms with E-state index in [1.54, 1.807) is 6.07 Å². The van der Waals surface area contributed by atoms with Crippen LogP contribution >= 0.6 is 22.6 Å². The Morgan fingerprint density at radius 2 is 2.14 bits per heavy atom. The molecule has 1 aromatic rings. The van der Waals surface area contributed by atoms with Crippen molar-refractivity contribution in [2.24, 2.45) is 0 Å². The summed E-state index contributed by atoms with van der Waals surface area (Å²) in [6, 6.07) is 1.72. The molecule has 0 bridgehead atoms. The van der Waals surface area contributed by atoms with Crippen LogP contribution in [0, 0.1) is 10.5 Å². The molecule has 0 N–H and O–H groups in total. The highest BCUT2D eigenvalue weighted by atomic mass is 127. The van der Waals surface area contributed by atoms with Crippen LogP contribution in [0.3, 0.4) is 0 Å². The van der Waals surface area contributed by atoms with Gasteiger partial charge >= 0.3 is 0 Å². The summed E-state index contributed by atoms with van der Waals surface area (Å²) in [7, 11) is 0. The van der Waals surface area contributed by atoms with Gasteiger partial charge in [-0.2, -0.15) is 0 Å². The molecule has 78 valence electrons. The molecule has 1 heterocycles. The Hall–Kier alpha value is -0.320. The summed E-state index contributed by atoms with van der Waals surface area (Å²) in [6.07, 6.45) is 5.43. The number of halogens is 1. The lowest BCUT2D eigenvalue weighted by atomic mass is 10.2. The first kappa shape index (κ1) is 11.8. The predicted molar refractivity (Wildman–Crippen MR) is 67.7 cm³/mol. The topological polar surface area (TPSA) is 22.0 Å². The number of pyridine rings is 1. The molecule has 3 heteroatoms. The molecule has 0 fully saturated rings. The molecule has 2 nitrogen and oxygen atoms in total. The van der Waals surface area contributed by atoms with Crippen molar-refractivity contribution < 1.29 is 0 Å². The SMILES string of the molecule is CCCCCn1cc(I)c(C)cc1=O. The largest absolute Gasteiger partial charge is 0.314 e. The van der Waals surface area contributed by atoms with Crippen LogP contribution in [0.1, 0.15) is 31.7 Å². The second-order valence-corrected chi connectivity index (χ2v) is 4.71. The van der Waals surface area contributed by atoms with E-state index in [1.165, 1.54) is 16.4 Å². The Morgan fingerprint density at radius 1 is 1.43 bits per heavy atom. The zero-order valence-electron chi connectivity index (χ0n) is 8.72. The average Bonchev–Trinajstić information content (AvgIpc) is 2.14. The van der Waals surface area contributed by atoms with E-state index in [0.717, 1.165) is 18.5 Å². The molecular weight excluding hydrogens is 289 g/mol. The minimum absolute atomic E-state index is 0.124. The summed E-state index contributed by atoms with van der Waals surface area (Å²) in [5.41, 5.74) is 1.20. The van der Waals surface area contributed by atoms with Crippen molar-refractivity contribution in [1.82, 2.24) is 4.57 Å². The smallest absolute Gasteiger partial charge is 0.250 e. The lowest BCUT2D eigenvalue weighted by Gasteiger charge is -2.06. The third-order valence-corrected chi connectivity index (χ3v) is 3.40. The number of hydrogen-bond acceptors (Lipinski definition) is 1. The van der Waals surface area contributed by atoms with E-state index in [0.29, 0.717) is 0 Å². The van der Waals surface area contributed by atoms with Gasteiger partial charge < -0.3 is 4.57 Å². The number of rotatable bonds is 4. The summed E-state index contributed by atoms with van der Waals surface area (Å²) in [4.78, 5) is 11.5. The normalized spacial score (nSPS) is 10.5. The fraction of sp³-hybridized carbons (Fsp3) is 0.545. The average molecular weight is 305 g/mol. The molecular formula is C11H16INO. The van der Waals surface area contributed by atoms with Gasteiger partial charge in [0.25, 0.3) is 5.56 Å². The van der Waals surface area contributed by atoms with Crippen LogP contribution in [0.25, 0.3) is 0 Å². The first-order valence-electron chi connectivity index (χ1n) is 5.01. The first-order valence-corrected chi connectivity index (χ1v) is 6.09. The molecule has 0 aromatic carbocycles. The number of hydrogen-bond donors (Lipinski definition) is 0. The van der Waals surface area contributed by atoms with Crippen molar-refractivity contribution >= 4 is 22.6 Å². The van der Waals surface area contributed by atoms with Gasteiger partial charge in [0.15, 0.2) is 0 Å². The first-order chi connectivity index (χ1) is 6.65. The van der Waals surface area contributed by atoms with Crippen molar-refractivity contribution in [2.45, 2.75) is 39.7 Å². The van der Waals surface area contributed by atoms with Crippen LogP contribution in [-0.4, -0.2) is 4.57 Å². The highest BCUT2D eigenvalue weighted by Gasteiger charge is 2.00. The van der Waals surface area contributed by atoms with E-state index in [4.69, 9.17) is 0 Å². The molecule has 0 unspecified atom stereocenters. The lowest BCUT2D eigenvalue weighted by molar-refractivity contribution is 0.585. The Labute approximate surface area is 98.5 Å². The van der Waals surface area contributed by atoms with Crippen molar-refractivity contribution in [3.05, 3.63) is 31.8 Å². The maximum atomic E-state index is 11.5. The van der Waals surface area contributed by atoms with Crippen LogP contribution in [0.4, 0.5) is 0 Å². The summed E-state index contributed by atoms with van der Waals surface area (Å²) >= 11 is 2.27. The summed E-state index contributed by atoms with van der Waals surface area (Å²) in [5.74, 6) is 0. The van der Waals surface area contributed by atoms with Crippen LogP contribution in [0.5, 0.6) is 0 Å². The van der Waals surface area contributed by atoms with Crippen molar-refractivity contribution in [1.29, 1.82) is 0 Å². The van der Waals surface area contributed by atoms with Gasteiger partial charge in [0, 0.05) is 22.4 Å². The molecule has 0 radical (unpaired) electrons. The fourth-order valence-corrected chi connectivity index (χ4v) is 1.84. The van der Waals surface area contributed by atoms with Gasteiger partial charge in [-0.1, -0.05) is 19.8 Å². The molecule has 0 saturated heterocycles. The second kappa shape index (κ2) is 5.53. The summed E-state index contributed by atoms with van der Waals surface area (Å²) in [6.45, 7) is 4.99.